The van der Waals surface area contributed by atoms with Crippen LogP contribution >= 0.6 is 35.3 Å². The summed E-state index contributed by atoms with van der Waals surface area (Å²) in [7, 11) is 2.22. The van der Waals surface area contributed by atoms with Gasteiger partial charge in [-0.05, 0) is 70.1 Å². The van der Waals surface area contributed by atoms with E-state index in [-0.39, 0.29) is 24.0 Å². The van der Waals surface area contributed by atoms with Crippen LogP contribution in [0.15, 0.2) is 22.5 Å². The van der Waals surface area contributed by atoms with Crippen molar-refractivity contribution in [1.29, 1.82) is 0 Å². The molecule has 0 radical (unpaired) electrons. The van der Waals surface area contributed by atoms with Crippen molar-refractivity contribution >= 4 is 41.3 Å². The van der Waals surface area contributed by atoms with Crippen molar-refractivity contribution in [3.8, 4) is 0 Å². The topological polar surface area (TPSA) is 39.7 Å². The second-order valence-electron chi connectivity index (χ2n) is 6.05. The molecular weight excluding hydrogens is 419 g/mol. The smallest absolute Gasteiger partial charge is 0.191 e. The van der Waals surface area contributed by atoms with E-state index < -0.39 is 0 Å². The standard InChI is InChI=1S/C17H30N4S.HI/c1-3-18-17(20-11-7-16-5-4-14-22-16)19-10-6-15-8-12-21(2)13-9-15;/h4-5,14-15H,3,6-13H2,1-2H3,(H2,18,19,20);1H. The molecule has 23 heavy (non-hydrogen) atoms. The first-order chi connectivity index (χ1) is 10.8. The SMILES string of the molecule is CCNC(=NCCC1CCN(C)CC1)NCCc1cccs1.I. The first-order valence-electron chi connectivity index (χ1n) is 8.51. The van der Waals surface area contributed by atoms with Crippen LogP contribution in [0.1, 0.15) is 31.1 Å². The lowest BCUT2D eigenvalue weighted by Gasteiger charge is -2.28. The molecule has 2 rings (SSSR count). The van der Waals surface area contributed by atoms with Crippen molar-refractivity contribution in [3.63, 3.8) is 0 Å². The molecule has 1 aromatic rings. The second kappa shape index (κ2) is 12.1. The van der Waals surface area contributed by atoms with Crippen LogP contribution in [-0.2, 0) is 6.42 Å². The van der Waals surface area contributed by atoms with E-state index in [0.717, 1.165) is 37.9 Å². The first-order valence-corrected chi connectivity index (χ1v) is 9.39. The summed E-state index contributed by atoms with van der Waals surface area (Å²) in [5.41, 5.74) is 0. The van der Waals surface area contributed by atoms with Gasteiger partial charge in [-0.25, -0.2) is 0 Å². The average Bonchev–Trinajstić information content (AvgIpc) is 3.02. The van der Waals surface area contributed by atoms with Crippen molar-refractivity contribution in [2.45, 2.75) is 32.6 Å². The second-order valence-corrected chi connectivity index (χ2v) is 7.08. The van der Waals surface area contributed by atoms with Gasteiger partial charge in [0.05, 0.1) is 0 Å². The zero-order valence-corrected chi connectivity index (χ0v) is 17.5. The Hall–Kier alpha value is -0.340. The van der Waals surface area contributed by atoms with E-state index in [9.17, 15) is 0 Å². The quantitative estimate of drug-likeness (QED) is 0.381. The molecule has 0 spiro atoms. The molecule has 2 N–H and O–H groups in total. The summed E-state index contributed by atoms with van der Waals surface area (Å²) in [6.07, 6.45) is 4.94. The fourth-order valence-electron chi connectivity index (χ4n) is 2.81. The zero-order valence-electron chi connectivity index (χ0n) is 14.4. The third-order valence-electron chi connectivity index (χ3n) is 4.23. The highest BCUT2D eigenvalue weighted by Gasteiger charge is 2.15. The van der Waals surface area contributed by atoms with Crippen LogP contribution in [0.25, 0.3) is 0 Å². The fourth-order valence-corrected chi connectivity index (χ4v) is 3.52. The van der Waals surface area contributed by atoms with Gasteiger partial charge in [0.15, 0.2) is 5.96 Å². The Morgan fingerprint density at radius 2 is 2.13 bits per heavy atom. The molecule has 1 aliphatic rings. The molecule has 0 bridgehead atoms. The Balaban J connectivity index is 0.00000264. The van der Waals surface area contributed by atoms with Crippen molar-refractivity contribution in [1.82, 2.24) is 15.5 Å². The van der Waals surface area contributed by atoms with E-state index >= 15 is 0 Å². The molecule has 0 saturated carbocycles. The lowest BCUT2D eigenvalue weighted by Crippen LogP contribution is -2.38. The number of guanidine groups is 1. The van der Waals surface area contributed by atoms with E-state index in [0.29, 0.717) is 0 Å². The van der Waals surface area contributed by atoms with Gasteiger partial charge in [-0.3, -0.25) is 4.99 Å². The maximum Gasteiger partial charge on any atom is 0.191 e. The van der Waals surface area contributed by atoms with Gasteiger partial charge in [-0.15, -0.1) is 35.3 Å². The summed E-state index contributed by atoms with van der Waals surface area (Å²) >= 11 is 1.82. The number of hydrogen-bond donors (Lipinski definition) is 2. The number of halogens is 1. The molecular formula is C17H31IN4S. The predicted molar refractivity (Wildman–Crippen MR) is 112 cm³/mol. The van der Waals surface area contributed by atoms with Crippen LogP contribution in [0.2, 0.25) is 0 Å². The molecule has 2 heterocycles. The van der Waals surface area contributed by atoms with Gasteiger partial charge in [0.2, 0.25) is 0 Å². The molecule has 1 aromatic heterocycles. The van der Waals surface area contributed by atoms with E-state index in [2.05, 4.69) is 47.0 Å². The lowest BCUT2D eigenvalue weighted by atomic mass is 9.94. The maximum atomic E-state index is 4.73. The summed E-state index contributed by atoms with van der Waals surface area (Å²) < 4.78 is 0. The number of piperidine rings is 1. The van der Waals surface area contributed by atoms with Crippen molar-refractivity contribution in [2.24, 2.45) is 10.9 Å². The average molecular weight is 450 g/mol. The predicted octanol–water partition coefficient (Wildman–Crippen LogP) is 3.20. The van der Waals surface area contributed by atoms with Gasteiger partial charge < -0.3 is 15.5 Å². The summed E-state index contributed by atoms with van der Waals surface area (Å²) in [5, 5.41) is 8.92. The van der Waals surface area contributed by atoms with Gasteiger partial charge in [0.25, 0.3) is 0 Å². The third-order valence-corrected chi connectivity index (χ3v) is 5.17. The van der Waals surface area contributed by atoms with E-state index in [1.165, 1.54) is 37.2 Å². The normalized spacial score (nSPS) is 16.9. The molecule has 132 valence electrons. The van der Waals surface area contributed by atoms with Crippen LogP contribution in [0.5, 0.6) is 0 Å². The fraction of sp³-hybridized carbons (Fsp3) is 0.706. The Kier molecular flexibility index (Phi) is 10.9. The highest BCUT2D eigenvalue weighted by atomic mass is 127. The van der Waals surface area contributed by atoms with Crippen LogP contribution in [-0.4, -0.2) is 50.6 Å². The van der Waals surface area contributed by atoms with Gasteiger partial charge >= 0.3 is 0 Å². The van der Waals surface area contributed by atoms with Gasteiger partial charge in [0.1, 0.15) is 0 Å². The number of aliphatic imine (C=N–C) groups is 1. The van der Waals surface area contributed by atoms with Crippen molar-refractivity contribution in [3.05, 3.63) is 22.4 Å². The van der Waals surface area contributed by atoms with E-state index in [1.807, 2.05) is 11.3 Å². The molecule has 1 aliphatic heterocycles. The number of likely N-dealkylation sites (tertiary alicyclic amines) is 1. The van der Waals surface area contributed by atoms with E-state index in [4.69, 9.17) is 4.99 Å². The first kappa shape index (κ1) is 20.7. The highest BCUT2D eigenvalue weighted by Crippen LogP contribution is 2.19. The summed E-state index contributed by atoms with van der Waals surface area (Å²) in [6.45, 7) is 7.40. The minimum Gasteiger partial charge on any atom is -0.357 e. The molecule has 6 heteroatoms. The Morgan fingerprint density at radius 3 is 2.78 bits per heavy atom. The Bertz CT molecular complexity index is 428. The molecule has 0 aliphatic carbocycles. The minimum atomic E-state index is 0. The number of nitrogens with one attached hydrogen (secondary N) is 2. The van der Waals surface area contributed by atoms with Crippen molar-refractivity contribution in [2.75, 3.05) is 39.8 Å². The maximum absolute atomic E-state index is 4.73. The third kappa shape index (κ3) is 8.35. The minimum absolute atomic E-state index is 0. The van der Waals surface area contributed by atoms with Crippen LogP contribution in [0.4, 0.5) is 0 Å². The number of thiophene rings is 1. The molecule has 1 fully saturated rings. The van der Waals surface area contributed by atoms with Crippen LogP contribution in [0, 0.1) is 5.92 Å². The molecule has 1 saturated heterocycles. The van der Waals surface area contributed by atoms with Gasteiger partial charge in [-0.1, -0.05) is 6.07 Å². The monoisotopic (exact) mass is 450 g/mol. The van der Waals surface area contributed by atoms with Crippen LogP contribution < -0.4 is 10.6 Å². The largest absolute Gasteiger partial charge is 0.357 e. The summed E-state index contributed by atoms with van der Waals surface area (Å²) in [4.78, 5) is 8.58. The highest BCUT2D eigenvalue weighted by molar-refractivity contribution is 14.0. The zero-order chi connectivity index (χ0) is 15.6. The van der Waals surface area contributed by atoms with Crippen molar-refractivity contribution < 1.29 is 0 Å². The number of rotatable bonds is 7. The molecule has 0 atom stereocenters. The van der Waals surface area contributed by atoms with Gasteiger partial charge in [-0.2, -0.15) is 0 Å². The molecule has 0 aromatic carbocycles. The van der Waals surface area contributed by atoms with E-state index in [1.54, 1.807) is 0 Å². The van der Waals surface area contributed by atoms with Crippen LogP contribution in [0.3, 0.4) is 0 Å². The summed E-state index contributed by atoms with van der Waals surface area (Å²) in [6, 6.07) is 4.30. The molecule has 0 amide bonds. The lowest BCUT2D eigenvalue weighted by molar-refractivity contribution is 0.214. The molecule has 0 unspecified atom stereocenters. The number of hydrogen-bond acceptors (Lipinski definition) is 3. The molecule has 4 nitrogen and oxygen atoms in total. The van der Waals surface area contributed by atoms with Gasteiger partial charge in [0, 0.05) is 24.5 Å². The summed E-state index contributed by atoms with van der Waals surface area (Å²) in [5.74, 6) is 1.82. The Labute approximate surface area is 162 Å². The number of nitrogens with zero attached hydrogens (tertiary/aromatic N) is 2. The Morgan fingerprint density at radius 1 is 1.35 bits per heavy atom.